The highest BCUT2D eigenvalue weighted by Crippen LogP contribution is 2.44. The van der Waals surface area contributed by atoms with Crippen LogP contribution in [0.3, 0.4) is 0 Å². The van der Waals surface area contributed by atoms with Crippen LogP contribution in [0.5, 0.6) is 11.5 Å². The maximum atomic E-state index is 12.9. The van der Waals surface area contributed by atoms with Crippen LogP contribution < -0.4 is 14.8 Å². The average Bonchev–Trinajstić information content (AvgIpc) is 3.20. The molecule has 0 spiro atoms. The van der Waals surface area contributed by atoms with E-state index in [0.29, 0.717) is 47.8 Å². The van der Waals surface area contributed by atoms with Crippen LogP contribution in [0.2, 0.25) is 0 Å². The first-order chi connectivity index (χ1) is 17.7. The van der Waals surface area contributed by atoms with Gasteiger partial charge in [0.1, 0.15) is 5.00 Å². The summed E-state index contributed by atoms with van der Waals surface area (Å²) in [5, 5.41) is 3.52. The van der Waals surface area contributed by atoms with Crippen molar-refractivity contribution >= 4 is 34.3 Å². The molecule has 1 aromatic carbocycles. The largest absolute Gasteiger partial charge is 0.490 e. The third-order valence-electron chi connectivity index (χ3n) is 6.66. The number of anilines is 1. The number of amides is 1. The van der Waals surface area contributed by atoms with E-state index in [4.69, 9.17) is 14.2 Å². The summed E-state index contributed by atoms with van der Waals surface area (Å²) >= 11 is 1.50. The number of esters is 1. The molecule has 1 amide bonds. The van der Waals surface area contributed by atoms with Crippen LogP contribution in [-0.2, 0) is 22.4 Å². The maximum absolute atomic E-state index is 12.9. The highest BCUT2D eigenvalue weighted by Gasteiger charge is 2.34. The molecule has 6 nitrogen and oxygen atoms in total. The second-order valence-electron chi connectivity index (χ2n) is 10.4. The third-order valence-corrected chi connectivity index (χ3v) is 7.83. The van der Waals surface area contributed by atoms with Gasteiger partial charge < -0.3 is 19.5 Å². The molecular weight excluding hydrogens is 486 g/mol. The van der Waals surface area contributed by atoms with Crippen molar-refractivity contribution in [3.05, 3.63) is 45.8 Å². The molecule has 7 heteroatoms. The van der Waals surface area contributed by atoms with Crippen LogP contribution in [0.1, 0.15) is 87.2 Å². The topological polar surface area (TPSA) is 73.9 Å². The van der Waals surface area contributed by atoms with E-state index >= 15 is 0 Å². The van der Waals surface area contributed by atoms with Crippen molar-refractivity contribution < 1.29 is 23.8 Å². The zero-order valence-electron chi connectivity index (χ0n) is 23.1. The summed E-state index contributed by atoms with van der Waals surface area (Å²) in [4.78, 5) is 26.9. The van der Waals surface area contributed by atoms with Crippen molar-refractivity contribution in [1.29, 1.82) is 0 Å². The van der Waals surface area contributed by atoms with Crippen molar-refractivity contribution in [1.82, 2.24) is 0 Å². The maximum Gasteiger partial charge on any atom is 0.341 e. The number of hydrogen-bond donors (Lipinski definition) is 1. The van der Waals surface area contributed by atoms with E-state index in [0.717, 1.165) is 43.2 Å². The first-order valence-corrected chi connectivity index (χ1v) is 14.2. The van der Waals surface area contributed by atoms with E-state index in [1.165, 1.54) is 22.3 Å². The molecule has 0 aliphatic heterocycles. The summed E-state index contributed by atoms with van der Waals surface area (Å²) in [6.07, 6.45) is 8.00. The second-order valence-corrected chi connectivity index (χ2v) is 11.5. The van der Waals surface area contributed by atoms with Gasteiger partial charge >= 0.3 is 5.97 Å². The van der Waals surface area contributed by atoms with Crippen LogP contribution in [0, 0.1) is 11.3 Å². The minimum atomic E-state index is -0.367. The number of hydrogen-bond acceptors (Lipinski definition) is 6. The lowest BCUT2D eigenvalue weighted by molar-refractivity contribution is -0.111. The van der Waals surface area contributed by atoms with Crippen LogP contribution >= 0.6 is 11.3 Å². The van der Waals surface area contributed by atoms with Crippen molar-refractivity contribution in [3.8, 4) is 11.5 Å². The predicted octanol–water partition coefficient (Wildman–Crippen LogP) is 7.31. The fourth-order valence-corrected chi connectivity index (χ4v) is 5.82. The van der Waals surface area contributed by atoms with Gasteiger partial charge in [-0.25, -0.2) is 4.79 Å². The molecule has 0 saturated carbocycles. The second kappa shape index (κ2) is 13.1. The van der Waals surface area contributed by atoms with Gasteiger partial charge in [0.2, 0.25) is 5.91 Å². The van der Waals surface area contributed by atoms with Gasteiger partial charge in [0, 0.05) is 11.0 Å². The van der Waals surface area contributed by atoms with Crippen LogP contribution in [0.15, 0.2) is 24.3 Å². The minimum absolute atomic E-state index is 0.189. The molecule has 0 radical (unpaired) electrons. The lowest BCUT2D eigenvalue weighted by atomic mass is 9.72. The zero-order valence-corrected chi connectivity index (χ0v) is 23.9. The fourth-order valence-electron chi connectivity index (χ4n) is 4.50. The highest BCUT2D eigenvalue weighted by atomic mass is 32.1. The van der Waals surface area contributed by atoms with E-state index in [1.54, 1.807) is 13.0 Å². The molecule has 0 fully saturated rings. The summed E-state index contributed by atoms with van der Waals surface area (Å²) in [5.74, 6) is 1.23. The number of benzene rings is 1. The van der Waals surface area contributed by atoms with Gasteiger partial charge in [0.25, 0.3) is 0 Å². The van der Waals surface area contributed by atoms with Gasteiger partial charge in [-0.1, -0.05) is 40.2 Å². The van der Waals surface area contributed by atoms with Gasteiger partial charge in [-0.15, -0.1) is 11.3 Å². The Hall–Kier alpha value is -2.80. The molecule has 1 N–H and O–H groups in total. The Labute approximate surface area is 225 Å². The standard InChI is InChI=1S/C30H41NO5S/c1-7-10-17-36-23-15-11-20(18-24(23)34-8-2)12-16-26(32)31-28-27(29(33)35-9-3)22-14-13-21(30(4,5)6)19-25(22)37-28/h11-12,15-16,18,21H,7-10,13-14,17,19H2,1-6H3,(H,31,32)/b16-12+. The van der Waals surface area contributed by atoms with Gasteiger partial charge in [0.15, 0.2) is 11.5 Å². The first-order valence-electron chi connectivity index (χ1n) is 13.4. The molecule has 1 aliphatic rings. The molecule has 1 aliphatic carbocycles. The monoisotopic (exact) mass is 527 g/mol. The number of thiophene rings is 1. The lowest BCUT2D eigenvalue weighted by Gasteiger charge is -2.33. The Morgan fingerprint density at radius 3 is 2.57 bits per heavy atom. The molecule has 1 aromatic heterocycles. The van der Waals surface area contributed by atoms with E-state index in [1.807, 2.05) is 25.1 Å². The molecule has 0 saturated heterocycles. The molecule has 3 rings (SSSR count). The SMILES string of the molecule is CCCCOc1ccc(/C=C/C(=O)Nc2sc3c(c2C(=O)OCC)CCC(C(C)(C)C)C3)cc1OCC. The van der Waals surface area contributed by atoms with Crippen LogP contribution in [0.25, 0.3) is 6.08 Å². The first kappa shape index (κ1) is 28.8. The summed E-state index contributed by atoms with van der Waals surface area (Å²) < 4.78 is 16.9. The van der Waals surface area contributed by atoms with E-state index < -0.39 is 0 Å². The Morgan fingerprint density at radius 2 is 1.89 bits per heavy atom. The smallest absolute Gasteiger partial charge is 0.341 e. The lowest BCUT2D eigenvalue weighted by Crippen LogP contribution is -2.26. The number of unbranched alkanes of at least 4 members (excludes halogenated alkanes) is 1. The van der Waals surface area contributed by atoms with Crippen molar-refractivity contribution in [2.75, 3.05) is 25.1 Å². The quantitative estimate of drug-likeness (QED) is 0.188. The summed E-state index contributed by atoms with van der Waals surface area (Å²) in [6.45, 7) is 14.1. The zero-order chi connectivity index (χ0) is 27.0. The van der Waals surface area contributed by atoms with Gasteiger partial charge in [0.05, 0.1) is 25.4 Å². The number of carbonyl (C=O) groups excluding carboxylic acids is 2. The minimum Gasteiger partial charge on any atom is -0.490 e. The molecule has 37 heavy (non-hydrogen) atoms. The molecule has 1 unspecified atom stereocenters. The Kier molecular flexibility index (Phi) is 10.2. The summed E-state index contributed by atoms with van der Waals surface area (Å²) in [7, 11) is 0. The number of nitrogens with one attached hydrogen (secondary N) is 1. The Morgan fingerprint density at radius 1 is 1.11 bits per heavy atom. The number of carbonyl (C=O) groups is 2. The van der Waals surface area contributed by atoms with Crippen LogP contribution in [-0.4, -0.2) is 31.7 Å². The van der Waals surface area contributed by atoms with Gasteiger partial charge in [-0.2, -0.15) is 0 Å². The Bertz CT molecular complexity index is 1110. The molecule has 2 aromatic rings. The normalized spacial score (nSPS) is 15.4. The highest BCUT2D eigenvalue weighted by molar-refractivity contribution is 7.17. The number of fused-ring (bicyclic) bond motifs is 1. The fraction of sp³-hybridized carbons (Fsp3) is 0.533. The van der Waals surface area contributed by atoms with Gasteiger partial charge in [-0.05, 0) is 80.2 Å². The van der Waals surface area contributed by atoms with E-state index in [-0.39, 0.29) is 17.3 Å². The number of ether oxygens (including phenoxy) is 3. The summed E-state index contributed by atoms with van der Waals surface area (Å²) in [5.41, 5.74) is 2.56. The predicted molar refractivity (Wildman–Crippen MR) is 151 cm³/mol. The van der Waals surface area contributed by atoms with E-state index in [2.05, 4.69) is 33.0 Å². The third kappa shape index (κ3) is 7.60. The molecule has 202 valence electrons. The van der Waals surface area contributed by atoms with Crippen molar-refractivity contribution in [2.24, 2.45) is 11.3 Å². The molecule has 0 bridgehead atoms. The van der Waals surface area contributed by atoms with Crippen LogP contribution in [0.4, 0.5) is 5.00 Å². The van der Waals surface area contributed by atoms with Gasteiger partial charge in [-0.3, -0.25) is 4.79 Å². The molecule has 1 heterocycles. The van der Waals surface area contributed by atoms with Crippen molar-refractivity contribution in [2.45, 2.75) is 73.6 Å². The molecule has 1 atom stereocenters. The number of rotatable bonds is 11. The Balaban J connectivity index is 1.79. The van der Waals surface area contributed by atoms with Crippen molar-refractivity contribution in [3.63, 3.8) is 0 Å². The molecular formula is C30H41NO5S. The summed E-state index contributed by atoms with van der Waals surface area (Å²) in [6, 6.07) is 5.64. The van der Waals surface area contributed by atoms with E-state index in [9.17, 15) is 9.59 Å². The average molecular weight is 528 g/mol.